The molecule has 1 aliphatic carbocycles. The normalized spacial score (nSPS) is 15.5. The second kappa shape index (κ2) is 13.0. The molecule has 0 bridgehead atoms. The van der Waals surface area contributed by atoms with E-state index in [4.69, 9.17) is 4.74 Å². The first-order valence-electron chi connectivity index (χ1n) is 13.7. The molecular formula is C29H41N5O4S. The van der Waals surface area contributed by atoms with E-state index in [-0.39, 0.29) is 5.01 Å². The van der Waals surface area contributed by atoms with Crippen LogP contribution < -0.4 is 10.1 Å². The fourth-order valence-electron chi connectivity index (χ4n) is 4.89. The average Bonchev–Trinajstić information content (AvgIpc) is 3.48. The molecular weight excluding hydrogens is 514 g/mol. The number of aliphatic hydroxyl groups is 1. The Labute approximate surface area is 234 Å². The highest BCUT2D eigenvalue weighted by Crippen LogP contribution is 2.39. The van der Waals surface area contributed by atoms with Crippen molar-refractivity contribution >= 4 is 17.3 Å². The fraction of sp³-hybridized carbons (Fsp3) is 0.552. The Morgan fingerprint density at radius 3 is 2.69 bits per heavy atom. The third-order valence-corrected chi connectivity index (χ3v) is 7.92. The maximum Gasteiger partial charge on any atom is 0.365 e. The smallest absolute Gasteiger partial charge is 0.365 e. The molecule has 0 amide bonds. The molecule has 1 fully saturated rings. The summed E-state index contributed by atoms with van der Waals surface area (Å²) in [4.78, 5) is 18.7. The number of hydrogen-bond donors (Lipinski definition) is 3. The van der Waals surface area contributed by atoms with Crippen LogP contribution in [0.1, 0.15) is 60.6 Å². The number of carboxylic acids is 1. The molecule has 39 heavy (non-hydrogen) atoms. The molecule has 10 heteroatoms. The summed E-state index contributed by atoms with van der Waals surface area (Å²) in [5, 5.41) is 27.2. The van der Waals surface area contributed by atoms with Gasteiger partial charge in [0.2, 0.25) is 5.01 Å². The zero-order chi connectivity index (χ0) is 28.0. The Balaban J connectivity index is 0.000000247. The Hall–Kier alpha value is -2.79. The van der Waals surface area contributed by atoms with Gasteiger partial charge in [-0.25, -0.2) is 9.78 Å². The molecule has 0 atom stereocenters. The van der Waals surface area contributed by atoms with Gasteiger partial charge in [-0.3, -0.25) is 4.68 Å². The summed E-state index contributed by atoms with van der Waals surface area (Å²) in [5.74, 6) is -0.324. The van der Waals surface area contributed by atoms with E-state index in [0.29, 0.717) is 31.0 Å². The molecule has 1 saturated carbocycles. The number of fused-ring (bicyclic) bond motifs is 3. The van der Waals surface area contributed by atoms with Crippen LogP contribution >= 0.6 is 11.3 Å². The summed E-state index contributed by atoms with van der Waals surface area (Å²) >= 11 is 1.20. The lowest BCUT2D eigenvalue weighted by molar-refractivity contribution is 0.0577. The molecule has 0 saturated heterocycles. The molecule has 9 nitrogen and oxygen atoms in total. The summed E-state index contributed by atoms with van der Waals surface area (Å²) in [6.45, 7) is 6.66. The van der Waals surface area contributed by atoms with Crippen molar-refractivity contribution in [2.75, 3.05) is 33.8 Å². The van der Waals surface area contributed by atoms with Crippen LogP contribution in [0.5, 0.6) is 5.75 Å². The summed E-state index contributed by atoms with van der Waals surface area (Å²) in [6.07, 6.45) is 11.4. The number of carboxylic acid groups (broad SMARTS) is 1. The summed E-state index contributed by atoms with van der Waals surface area (Å²) in [6, 6.07) is 6.60. The van der Waals surface area contributed by atoms with Gasteiger partial charge in [0.05, 0.1) is 30.6 Å². The van der Waals surface area contributed by atoms with Crippen molar-refractivity contribution in [1.29, 1.82) is 0 Å². The van der Waals surface area contributed by atoms with Crippen LogP contribution in [0.2, 0.25) is 0 Å². The third-order valence-electron chi connectivity index (χ3n) is 6.82. The van der Waals surface area contributed by atoms with E-state index < -0.39 is 11.6 Å². The van der Waals surface area contributed by atoms with Gasteiger partial charge in [0.15, 0.2) is 0 Å². The van der Waals surface area contributed by atoms with Crippen LogP contribution in [-0.4, -0.2) is 81.3 Å². The van der Waals surface area contributed by atoms with E-state index in [0.717, 1.165) is 40.7 Å². The van der Waals surface area contributed by atoms with Crippen molar-refractivity contribution in [3.05, 3.63) is 40.5 Å². The standard InChI is InChI=1S/C19H19N3O4S.C10H22N2/c1-19(2,25)10-22-9-12(8-20-22)11-3-4-13-14(7-11)26-6-5-15-16(13)21-17(27-15)18(23)24;1-12(2)9-8-11-10-6-4-3-5-7-10/h3-4,7-9,25H,5-6,10H2,1-2H3,(H,23,24);10-11H,3-9H2,1-2H3. The predicted octanol–water partition coefficient (Wildman–Crippen LogP) is 4.55. The molecule has 0 spiro atoms. The van der Waals surface area contributed by atoms with Crippen molar-refractivity contribution in [3.63, 3.8) is 0 Å². The van der Waals surface area contributed by atoms with Crippen molar-refractivity contribution in [1.82, 2.24) is 25.0 Å². The largest absolute Gasteiger partial charge is 0.492 e. The van der Waals surface area contributed by atoms with E-state index in [1.165, 1.54) is 43.4 Å². The Kier molecular flexibility index (Phi) is 9.76. The van der Waals surface area contributed by atoms with E-state index in [2.05, 4.69) is 34.4 Å². The molecule has 0 unspecified atom stereocenters. The van der Waals surface area contributed by atoms with Gasteiger partial charge in [0, 0.05) is 47.8 Å². The average molecular weight is 556 g/mol. The van der Waals surface area contributed by atoms with Crippen LogP contribution in [0.25, 0.3) is 22.4 Å². The molecule has 0 radical (unpaired) electrons. The molecule has 2 aliphatic rings. The Bertz CT molecular complexity index is 1240. The molecule has 212 valence electrons. The van der Waals surface area contributed by atoms with Crippen molar-refractivity contribution in [2.45, 2.75) is 70.6 Å². The summed E-state index contributed by atoms with van der Waals surface area (Å²) in [7, 11) is 4.26. The second-order valence-corrected chi connectivity index (χ2v) is 12.3. The van der Waals surface area contributed by atoms with Gasteiger partial charge in [0.25, 0.3) is 0 Å². The van der Waals surface area contributed by atoms with Crippen LogP contribution in [0, 0.1) is 0 Å². The SMILES string of the molecule is CC(C)(O)Cn1cc(-c2ccc3c(c2)OCCc2sc(C(=O)O)nc2-3)cn1.CN(C)CCNC1CCCCC1. The monoisotopic (exact) mass is 555 g/mol. The first-order chi connectivity index (χ1) is 18.6. The van der Waals surface area contributed by atoms with Crippen molar-refractivity contribution in [2.24, 2.45) is 0 Å². The Morgan fingerprint density at radius 1 is 1.23 bits per heavy atom. The third kappa shape index (κ3) is 8.35. The fourth-order valence-corrected chi connectivity index (χ4v) is 5.78. The number of thiazole rings is 1. The van der Waals surface area contributed by atoms with E-state index in [9.17, 15) is 15.0 Å². The lowest BCUT2D eigenvalue weighted by atomic mass is 9.95. The minimum Gasteiger partial charge on any atom is -0.492 e. The molecule has 5 rings (SSSR count). The number of nitrogens with zero attached hydrogens (tertiary/aromatic N) is 4. The lowest BCUT2D eigenvalue weighted by Gasteiger charge is -2.23. The minimum absolute atomic E-state index is 0.102. The highest BCUT2D eigenvalue weighted by molar-refractivity contribution is 7.14. The number of likely N-dealkylation sites (N-methyl/N-ethyl adjacent to an activating group) is 1. The van der Waals surface area contributed by atoms with Crippen LogP contribution in [0.15, 0.2) is 30.6 Å². The van der Waals surface area contributed by atoms with Gasteiger partial charge >= 0.3 is 5.97 Å². The first kappa shape index (κ1) is 29.2. The number of aromatic carboxylic acids is 1. The van der Waals surface area contributed by atoms with Gasteiger partial charge in [-0.1, -0.05) is 25.3 Å². The van der Waals surface area contributed by atoms with Crippen LogP contribution in [0.3, 0.4) is 0 Å². The number of ether oxygens (including phenoxy) is 1. The predicted molar refractivity (Wildman–Crippen MR) is 155 cm³/mol. The molecule has 2 aromatic heterocycles. The number of nitrogens with one attached hydrogen (secondary N) is 1. The lowest BCUT2D eigenvalue weighted by Crippen LogP contribution is -2.35. The second-order valence-electron chi connectivity index (χ2n) is 11.2. The minimum atomic E-state index is -1.01. The van der Waals surface area contributed by atoms with Crippen LogP contribution in [-0.2, 0) is 13.0 Å². The molecule has 3 heterocycles. The highest BCUT2D eigenvalue weighted by Gasteiger charge is 2.23. The first-order valence-corrected chi connectivity index (χ1v) is 14.5. The van der Waals surface area contributed by atoms with Gasteiger partial charge in [-0.05, 0) is 58.5 Å². The number of carbonyl (C=O) groups is 1. The maximum absolute atomic E-state index is 11.2. The molecule has 3 aromatic rings. The summed E-state index contributed by atoms with van der Waals surface area (Å²) in [5.41, 5.74) is 2.50. The maximum atomic E-state index is 11.2. The number of rotatable bonds is 8. The number of hydrogen-bond acceptors (Lipinski definition) is 8. The van der Waals surface area contributed by atoms with Crippen molar-refractivity contribution < 1.29 is 19.7 Å². The number of aromatic nitrogens is 3. The van der Waals surface area contributed by atoms with E-state index in [1.54, 1.807) is 24.7 Å². The zero-order valence-electron chi connectivity index (χ0n) is 23.4. The highest BCUT2D eigenvalue weighted by atomic mass is 32.1. The van der Waals surface area contributed by atoms with Crippen molar-refractivity contribution in [3.8, 4) is 28.1 Å². The van der Waals surface area contributed by atoms with Gasteiger partial charge in [-0.15, -0.1) is 11.3 Å². The number of benzene rings is 1. The van der Waals surface area contributed by atoms with Gasteiger partial charge in [-0.2, -0.15) is 5.10 Å². The molecule has 3 N–H and O–H groups in total. The molecule has 1 aliphatic heterocycles. The zero-order valence-corrected chi connectivity index (χ0v) is 24.3. The van der Waals surface area contributed by atoms with Gasteiger partial charge in [0.1, 0.15) is 5.75 Å². The Morgan fingerprint density at radius 2 is 2.00 bits per heavy atom. The van der Waals surface area contributed by atoms with Crippen LogP contribution in [0.4, 0.5) is 0 Å². The van der Waals surface area contributed by atoms with E-state index >= 15 is 0 Å². The summed E-state index contributed by atoms with van der Waals surface area (Å²) < 4.78 is 7.60. The van der Waals surface area contributed by atoms with E-state index in [1.807, 2.05) is 24.4 Å². The quantitative estimate of drug-likeness (QED) is 0.371. The molecule has 1 aromatic carbocycles. The topological polar surface area (TPSA) is 113 Å². The van der Waals surface area contributed by atoms with Gasteiger partial charge < -0.3 is 25.2 Å².